The molecule has 0 aliphatic heterocycles. The molecule has 4 nitrogen and oxygen atoms in total. The molecule has 0 amide bonds. The van der Waals surface area contributed by atoms with Crippen molar-refractivity contribution in [3.05, 3.63) is 30.3 Å². The van der Waals surface area contributed by atoms with E-state index in [2.05, 4.69) is 29.1 Å². The number of hydrogen-bond donors (Lipinski definition) is 2. The van der Waals surface area contributed by atoms with Gasteiger partial charge in [-0.3, -0.25) is 4.90 Å². The second-order valence-electron chi connectivity index (χ2n) is 4.03. The van der Waals surface area contributed by atoms with E-state index in [1.54, 1.807) is 0 Å². The van der Waals surface area contributed by atoms with Crippen molar-refractivity contribution < 1.29 is 5.21 Å². The third-order valence-electron chi connectivity index (χ3n) is 2.47. The van der Waals surface area contributed by atoms with E-state index in [9.17, 15) is 0 Å². The molecule has 0 saturated carbocycles. The first kappa shape index (κ1) is 14.9. The van der Waals surface area contributed by atoms with Gasteiger partial charge in [0.1, 0.15) is 0 Å². The van der Waals surface area contributed by atoms with Gasteiger partial charge in [0.05, 0.1) is 6.54 Å². The predicted molar refractivity (Wildman–Crippen MR) is 77.3 cm³/mol. The molecule has 1 aromatic rings. The van der Waals surface area contributed by atoms with Crippen LogP contribution in [-0.2, 0) is 0 Å². The highest BCUT2D eigenvalue weighted by Gasteiger charge is 2.06. The number of nitrogens with zero attached hydrogens (tertiary/aromatic N) is 2. The molecule has 0 aromatic heterocycles. The molecule has 0 saturated heterocycles. The molecule has 0 aliphatic rings. The molecular weight excluding hydrogens is 246 g/mol. The first-order valence-corrected chi connectivity index (χ1v) is 7.11. The van der Waals surface area contributed by atoms with Crippen molar-refractivity contribution >= 4 is 17.6 Å². The zero-order valence-corrected chi connectivity index (χ0v) is 11.6. The average Bonchev–Trinajstić information content (AvgIpc) is 2.40. The molecule has 0 heterocycles. The van der Waals surface area contributed by atoms with E-state index in [1.165, 1.54) is 4.90 Å². The summed E-state index contributed by atoms with van der Waals surface area (Å²) in [6.07, 6.45) is 1.06. The Morgan fingerprint density at radius 1 is 1.33 bits per heavy atom. The van der Waals surface area contributed by atoms with Crippen LogP contribution in [-0.4, -0.2) is 41.3 Å². The van der Waals surface area contributed by atoms with Gasteiger partial charge in [-0.1, -0.05) is 30.3 Å². The van der Waals surface area contributed by atoms with Gasteiger partial charge in [-0.2, -0.15) is 0 Å². The van der Waals surface area contributed by atoms with E-state index in [1.807, 2.05) is 30.0 Å². The summed E-state index contributed by atoms with van der Waals surface area (Å²) in [5.41, 5.74) is 5.54. The van der Waals surface area contributed by atoms with Gasteiger partial charge in [0.2, 0.25) is 0 Å². The summed E-state index contributed by atoms with van der Waals surface area (Å²) in [4.78, 5) is 3.48. The van der Waals surface area contributed by atoms with Gasteiger partial charge < -0.3 is 10.9 Å². The summed E-state index contributed by atoms with van der Waals surface area (Å²) < 4.78 is 0. The Bertz CT molecular complexity index is 357. The van der Waals surface area contributed by atoms with Crippen LogP contribution in [0.5, 0.6) is 0 Å². The summed E-state index contributed by atoms with van der Waals surface area (Å²) in [5.74, 6) is 1.27. The minimum atomic E-state index is 0.271. The van der Waals surface area contributed by atoms with Crippen molar-refractivity contribution in [1.29, 1.82) is 0 Å². The largest absolute Gasteiger partial charge is 0.409 e. The van der Waals surface area contributed by atoms with Crippen LogP contribution in [0.2, 0.25) is 0 Å². The highest BCUT2D eigenvalue weighted by molar-refractivity contribution is 7.99. The molecule has 5 heteroatoms. The van der Waals surface area contributed by atoms with Crippen molar-refractivity contribution in [3.63, 3.8) is 0 Å². The van der Waals surface area contributed by atoms with Crippen LogP contribution in [0.3, 0.4) is 0 Å². The number of rotatable bonds is 8. The lowest BCUT2D eigenvalue weighted by Crippen LogP contribution is -2.36. The summed E-state index contributed by atoms with van der Waals surface area (Å²) in [5, 5.41) is 11.6. The van der Waals surface area contributed by atoms with E-state index in [-0.39, 0.29) is 5.84 Å². The third kappa shape index (κ3) is 5.93. The minimum absolute atomic E-state index is 0.271. The van der Waals surface area contributed by atoms with Gasteiger partial charge in [-0.25, -0.2) is 0 Å². The quantitative estimate of drug-likeness (QED) is 0.249. The summed E-state index contributed by atoms with van der Waals surface area (Å²) >= 11 is 1.82. The maximum absolute atomic E-state index is 8.59. The monoisotopic (exact) mass is 267 g/mol. The van der Waals surface area contributed by atoms with Crippen molar-refractivity contribution in [2.45, 2.75) is 18.2 Å². The van der Waals surface area contributed by atoms with Crippen LogP contribution in [0.25, 0.3) is 0 Å². The fraction of sp³-hybridized carbons (Fsp3) is 0.462. The number of benzene rings is 1. The van der Waals surface area contributed by atoms with Gasteiger partial charge in [0.15, 0.2) is 5.84 Å². The van der Waals surface area contributed by atoms with Gasteiger partial charge in [-0.05, 0) is 25.1 Å². The zero-order chi connectivity index (χ0) is 13.2. The Morgan fingerprint density at radius 3 is 2.67 bits per heavy atom. The molecular formula is C13H21N3OS. The highest BCUT2D eigenvalue weighted by Crippen LogP contribution is 2.16. The number of hydrogen-bond acceptors (Lipinski definition) is 4. The molecule has 0 atom stereocenters. The summed E-state index contributed by atoms with van der Waals surface area (Å²) in [7, 11) is 0. The zero-order valence-electron chi connectivity index (χ0n) is 10.7. The first-order valence-electron chi connectivity index (χ1n) is 6.13. The van der Waals surface area contributed by atoms with Gasteiger partial charge in [0, 0.05) is 17.2 Å². The number of nitrogens with two attached hydrogens (primary N) is 1. The Morgan fingerprint density at radius 2 is 2.06 bits per heavy atom. The van der Waals surface area contributed by atoms with Crippen LogP contribution in [0.15, 0.2) is 40.4 Å². The van der Waals surface area contributed by atoms with Crippen LogP contribution in [0.1, 0.15) is 13.3 Å². The van der Waals surface area contributed by atoms with Crippen LogP contribution >= 0.6 is 11.8 Å². The first-order chi connectivity index (χ1) is 8.76. The number of amidine groups is 1. The van der Waals surface area contributed by atoms with Crippen LogP contribution in [0.4, 0.5) is 0 Å². The molecule has 100 valence electrons. The molecule has 0 aliphatic carbocycles. The van der Waals surface area contributed by atoms with Crippen molar-refractivity contribution in [2.75, 3.05) is 25.4 Å². The Labute approximate surface area is 113 Å². The molecule has 1 aromatic carbocycles. The van der Waals surface area contributed by atoms with E-state index < -0.39 is 0 Å². The van der Waals surface area contributed by atoms with E-state index in [0.29, 0.717) is 6.54 Å². The maximum Gasteiger partial charge on any atom is 0.153 e. The van der Waals surface area contributed by atoms with E-state index in [0.717, 1.165) is 25.3 Å². The Kier molecular flexibility index (Phi) is 7.29. The molecule has 0 radical (unpaired) electrons. The Hall–Kier alpha value is -1.20. The lowest BCUT2D eigenvalue weighted by molar-refractivity contribution is 0.299. The van der Waals surface area contributed by atoms with Crippen LogP contribution in [0, 0.1) is 0 Å². The molecule has 3 N–H and O–H groups in total. The van der Waals surface area contributed by atoms with Gasteiger partial charge in [-0.15, -0.1) is 11.8 Å². The average molecular weight is 267 g/mol. The number of oxime groups is 1. The second-order valence-corrected chi connectivity index (χ2v) is 5.20. The SMILES string of the molecule is CCCN(CCSc1ccccc1)CC(N)=NO. The maximum atomic E-state index is 8.59. The molecule has 0 fully saturated rings. The van der Waals surface area contributed by atoms with Crippen LogP contribution < -0.4 is 5.73 Å². The topological polar surface area (TPSA) is 61.8 Å². The lowest BCUT2D eigenvalue weighted by atomic mass is 10.4. The minimum Gasteiger partial charge on any atom is -0.409 e. The van der Waals surface area contributed by atoms with E-state index in [4.69, 9.17) is 10.9 Å². The molecule has 0 unspecified atom stereocenters. The van der Waals surface area contributed by atoms with Gasteiger partial charge in [0.25, 0.3) is 0 Å². The lowest BCUT2D eigenvalue weighted by Gasteiger charge is -2.20. The standard InChI is InChI=1S/C13H21N3OS/c1-2-8-16(11-13(14)15-17)9-10-18-12-6-4-3-5-7-12/h3-7,17H,2,8-11H2,1H3,(H2,14,15). The molecule has 1 rings (SSSR count). The normalized spacial score (nSPS) is 12.0. The third-order valence-corrected chi connectivity index (χ3v) is 3.47. The summed E-state index contributed by atoms with van der Waals surface area (Å²) in [6.45, 7) is 4.55. The fourth-order valence-electron chi connectivity index (χ4n) is 1.66. The van der Waals surface area contributed by atoms with Gasteiger partial charge >= 0.3 is 0 Å². The van der Waals surface area contributed by atoms with E-state index >= 15 is 0 Å². The number of thioether (sulfide) groups is 1. The Balaban J connectivity index is 2.33. The fourth-order valence-corrected chi connectivity index (χ4v) is 2.59. The van der Waals surface area contributed by atoms with Crippen molar-refractivity contribution in [1.82, 2.24) is 4.90 Å². The molecule has 0 spiro atoms. The highest BCUT2D eigenvalue weighted by atomic mass is 32.2. The molecule has 0 bridgehead atoms. The second kappa shape index (κ2) is 8.83. The smallest absolute Gasteiger partial charge is 0.153 e. The predicted octanol–water partition coefficient (Wildman–Crippen LogP) is 2.24. The molecule has 18 heavy (non-hydrogen) atoms. The van der Waals surface area contributed by atoms with Crippen molar-refractivity contribution in [2.24, 2.45) is 10.9 Å². The summed E-state index contributed by atoms with van der Waals surface area (Å²) in [6, 6.07) is 10.3. The van der Waals surface area contributed by atoms with Crippen molar-refractivity contribution in [3.8, 4) is 0 Å².